The second-order valence-corrected chi connectivity index (χ2v) is 7.03. The number of carbonyl (C=O) groups excluding carboxylic acids is 1. The van der Waals surface area contributed by atoms with Crippen molar-refractivity contribution in [3.63, 3.8) is 0 Å². The van der Waals surface area contributed by atoms with E-state index in [4.69, 9.17) is 0 Å². The van der Waals surface area contributed by atoms with Crippen molar-refractivity contribution in [2.24, 2.45) is 5.10 Å². The molecule has 1 fully saturated rings. The number of hydrogen-bond acceptors (Lipinski definition) is 6. The van der Waals surface area contributed by atoms with E-state index in [9.17, 15) is 19.3 Å². The third-order valence-corrected chi connectivity index (χ3v) is 5.19. The Morgan fingerprint density at radius 3 is 2.33 bits per heavy atom. The van der Waals surface area contributed by atoms with Gasteiger partial charge in [0.2, 0.25) is 0 Å². The lowest BCUT2D eigenvalue weighted by Gasteiger charge is -2.35. The van der Waals surface area contributed by atoms with Gasteiger partial charge in [-0.15, -0.1) is 0 Å². The number of nitrogens with zero attached hydrogens (tertiary/aromatic N) is 4. The first kappa shape index (κ1) is 21.4. The first-order chi connectivity index (χ1) is 14.4. The molecule has 1 heterocycles. The molecule has 1 amide bonds. The number of non-ortho nitro benzene ring substituents is 1. The number of rotatable bonds is 6. The lowest BCUT2D eigenvalue weighted by atomic mass is 10.1. The molecule has 1 N–H and O–H groups in total. The van der Waals surface area contributed by atoms with Crippen LogP contribution in [0.5, 0.6) is 0 Å². The smallest absolute Gasteiger partial charge is 0.271 e. The predicted molar refractivity (Wildman–Crippen MR) is 114 cm³/mol. The van der Waals surface area contributed by atoms with Gasteiger partial charge in [0.05, 0.1) is 16.3 Å². The van der Waals surface area contributed by atoms with Gasteiger partial charge in [0.15, 0.2) is 0 Å². The molecule has 1 saturated heterocycles. The van der Waals surface area contributed by atoms with E-state index in [0.29, 0.717) is 17.0 Å². The number of likely N-dealkylation sites (N-methyl/N-ethyl adjacent to an activating group) is 1. The van der Waals surface area contributed by atoms with Crippen LogP contribution in [0.2, 0.25) is 0 Å². The van der Waals surface area contributed by atoms with Crippen molar-refractivity contribution in [2.45, 2.75) is 13.8 Å². The molecule has 0 atom stereocenters. The molecule has 3 rings (SSSR count). The molecule has 1 aliphatic heterocycles. The van der Waals surface area contributed by atoms with Crippen LogP contribution in [0.4, 0.5) is 15.8 Å². The quantitative estimate of drug-likeness (QED) is 0.447. The first-order valence-electron chi connectivity index (χ1n) is 9.75. The number of carbonyl (C=O) groups is 1. The molecule has 0 spiro atoms. The fraction of sp³-hybridized carbons (Fsp3) is 0.333. The van der Waals surface area contributed by atoms with Gasteiger partial charge in [-0.25, -0.2) is 9.82 Å². The first-order valence-corrected chi connectivity index (χ1v) is 9.75. The van der Waals surface area contributed by atoms with E-state index < -0.39 is 10.8 Å². The van der Waals surface area contributed by atoms with Gasteiger partial charge in [-0.2, -0.15) is 5.10 Å². The Labute approximate surface area is 174 Å². The van der Waals surface area contributed by atoms with Gasteiger partial charge in [0.1, 0.15) is 5.82 Å². The summed E-state index contributed by atoms with van der Waals surface area (Å²) in [6.45, 7) is 8.17. The van der Waals surface area contributed by atoms with Crippen molar-refractivity contribution >= 4 is 23.0 Å². The van der Waals surface area contributed by atoms with Crippen LogP contribution in [0.25, 0.3) is 0 Å². The number of hydrogen-bond donors (Lipinski definition) is 1. The maximum Gasteiger partial charge on any atom is 0.271 e. The van der Waals surface area contributed by atoms with Crippen LogP contribution in [0, 0.1) is 15.9 Å². The van der Waals surface area contributed by atoms with Crippen LogP contribution in [-0.4, -0.2) is 54.2 Å². The van der Waals surface area contributed by atoms with E-state index in [1.54, 1.807) is 19.1 Å². The third kappa shape index (κ3) is 4.98. The topological polar surface area (TPSA) is 91.1 Å². The molecule has 2 aromatic carbocycles. The number of nitro groups is 1. The molecule has 8 nitrogen and oxygen atoms in total. The molecule has 158 valence electrons. The number of nitro benzene ring substituents is 1. The summed E-state index contributed by atoms with van der Waals surface area (Å²) < 4.78 is 14.7. The molecule has 0 aliphatic carbocycles. The summed E-state index contributed by atoms with van der Waals surface area (Å²) >= 11 is 0. The summed E-state index contributed by atoms with van der Waals surface area (Å²) in [6.07, 6.45) is 0. The number of halogens is 1. The van der Waals surface area contributed by atoms with Gasteiger partial charge in [0, 0.05) is 49.4 Å². The van der Waals surface area contributed by atoms with Gasteiger partial charge >= 0.3 is 0 Å². The zero-order valence-electron chi connectivity index (χ0n) is 17.0. The minimum Gasteiger partial charge on any atom is -0.367 e. The number of amides is 1. The number of benzene rings is 2. The Hall–Kier alpha value is -3.33. The molecule has 0 radical (unpaired) electrons. The molecule has 30 heavy (non-hydrogen) atoms. The van der Waals surface area contributed by atoms with Crippen molar-refractivity contribution < 1.29 is 14.1 Å². The van der Waals surface area contributed by atoms with Gasteiger partial charge in [-0.1, -0.05) is 13.0 Å². The minimum atomic E-state index is -0.536. The zero-order valence-corrected chi connectivity index (χ0v) is 17.0. The molecule has 0 saturated carbocycles. The highest BCUT2D eigenvalue weighted by atomic mass is 19.1. The SMILES string of the molecule is CCN1CCN(c2ccc(/C(C)=N\NC(=O)c3ccc([N+](=O)[O-])cc3)cc2F)CC1. The van der Waals surface area contributed by atoms with E-state index in [2.05, 4.69) is 22.4 Å². The Balaban J connectivity index is 1.65. The summed E-state index contributed by atoms with van der Waals surface area (Å²) in [6, 6.07) is 10.1. The maximum absolute atomic E-state index is 14.7. The molecule has 2 aromatic rings. The maximum atomic E-state index is 14.7. The summed E-state index contributed by atoms with van der Waals surface area (Å²) in [5, 5.41) is 14.7. The van der Waals surface area contributed by atoms with Crippen molar-refractivity contribution in [3.05, 3.63) is 69.5 Å². The molecule has 9 heteroatoms. The average molecular weight is 413 g/mol. The zero-order chi connectivity index (χ0) is 21.7. The molecular weight excluding hydrogens is 389 g/mol. The van der Waals surface area contributed by atoms with Crippen LogP contribution in [0.1, 0.15) is 29.8 Å². The lowest BCUT2D eigenvalue weighted by Crippen LogP contribution is -2.46. The van der Waals surface area contributed by atoms with Crippen molar-refractivity contribution in [3.8, 4) is 0 Å². The Morgan fingerprint density at radius 2 is 1.77 bits per heavy atom. The summed E-state index contributed by atoms with van der Waals surface area (Å²) in [5.41, 5.74) is 4.12. The number of anilines is 1. The Kier molecular flexibility index (Phi) is 6.73. The molecular formula is C21H24FN5O3. The van der Waals surface area contributed by atoms with Crippen LogP contribution in [0.3, 0.4) is 0 Å². The van der Waals surface area contributed by atoms with Gasteiger partial charge in [-0.3, -0.25) is 14.9 Å². The highest BCUT2D eigenvalue weighted by Crippen LogP contribution is 2.22. The summed E-state index contributed by atoms with van der Waals surface area (Å²) in [7, 11) is 0. The van der Waals surface area contributed by atoms with Crippen molar-refractivity contribution in [1.29, 1.82) is 0 Å². The van der Waals surface area contributed by atoms with E-state index in [0.717, 1.165) is 32.7 Å². The monoisotopic (exact) mass is 413 g/mol. The number of piperazine rings is 1. The highest BCUT2D eigenvalue weighted by Gasteiger charge is 2.19. The molecule has 1 aliphatic rings. The van der Waals surface area contributed by atoms with E-state index in [1.165, 1.54) is 30.3 Å². The van der Waals surface area contributed by atoms with Crippen molar-refractivity contribution in [1.82, 2.24) is 10.3 Å². The van der Waals surface area contributed by atoms with Crippen LogP contribution in [-0.2, 0) is 0 Å². The second kappa shape index (κ2) is 9.45. The number of hydrazone groups is 1. The molecule has 0 bridgehead atoms. The van der Waals surface area contributed by atoms with Crippen molar-refractivity contribution in [2.75, 3.05) is 37.6 Å². The second-order valence-electron chi connectivity index (χ2n) is 7.03. The number of nitrogens with one attached hydrogen (secondary N) is 1. The van der Waals surface area contributed by atoms with E-state index in [-0.39, 0.29) is 17.1 Å². The predicted octanol–water partition coefficient (Wildman–Crippen LogP) is 3.03. The lowest BCUT2D eigenvalue weighted by molar-refractivity contribution is -0.384. The summed E-state index contributed by atoms with van der Waals surface area (Å²) in [5.74, 6) is -0.830. The van der Waals surface area contributed by atoms with E-state index in [1.807, 2.05) is 4.90 Å². The molecule has 0 unspecified atom stereocenters. The molecule has 0 aromatic heterocycles. The highest BCUT2D eigenvalue weighted by molar-refractivity contribution is 6.01. The largest absolute Gasteiger partial charge is 0.367 e. The average Bonchev–Trinajstić information content (AvgIpc) is 2.77. The fourth-order valence-corrected chi connectivity index (χ4v) is 3.29. The van der Waals surface area contributed by atoms with Gasteiger partial charge < -0.3 is 9.80 Å². The normalized spacial score (nSPS) is 15.2. The fourth-order valence-electron chi connectivity index (χ4n) is 3.29. The summed E-state index contributed by atoms with van der Waals surface area (Å²) in [4.78, 5) is 26.7. The van der Waals surface area contributed by atoms with Crippen LogP contribution in [0.15, 0.2) is 47.6 Å². The van der Waals surface area contributed by atoms with Gasteiger partial charge in [0.25, 0.3) is 11.6 Å². The Bertz CT molecular complexity index is 954. The van der Waals surface area contributed by atoms with Crippen LogP contribution >= 0.6 is 0 Å². The van der Waals surface area contributed by atoms with Gasteiger partial charge in [-0.05, 0) is 37.7 Å². The third-order valence-electron chi connectivity index (χ3n) is 5.19. The van der Waals surface area contributed by atoms with E-state index >= 15 is 0 Å². The van der Waals surface area contributed by atoms with Crippen LogP contribution < -0.4 is 10.3 Å². The standard InChI is InChI=1S/C21H24FN5O3/c1-3-25-10-12-26(13-11-25)20-9-6-17(14-19(20)22)15(2)23-24-21(28)16-4-7-18(8-5-16)27(29)30/h4-9,14H,3,10-13H2,1-2H3,(H,24,28)/b23-15-. The Morgan fingerprint density at radius 1 is 1.13 bits per heavy atom. The minimum absolute atomic E-state index is 0.0992.